The summed E-state index contributed by atoms with van der Waals surface area (Å²) in [6.07, 6.45) is 5.10. The molecule has 0 unspecified atom stereocenters. The van der Waals surface area contributed by atoms with Gasteiger partial charge in [0.15, 0.2) is 15.5 Å². The molecular weight excluding hydrogens is 595 g/mol. The number of anilines is 1. The molecule has 1 aliphatic rings. The molecule has 10 nitrogen and oxygen atoms in total. The molecule has 3 aromatic heterocycles. The van der Waals surface area contributed by atoms with Crippen molar-refractivity contribution in [2.45, 2.75) is 37.6 Å². The maximum Gasteiger partial charge on any atom is 0.355 e. The standard InChI is InChI=1S/C30H30ClFN6O4S/c1-6-25(39)36-12-13-37(18(4)16-36)28-21-14-23(32)26(20-10-11-33-15-22(20)31)34-29(21)38(30(40)35-28)27-19(17(2)3)8-7-9-24(27)43(5,41)42/h6-11,14-15,17-18H,1,12-13,16H2,2-5H3/t18-/m0/s1. The number of pyridine rings is 2. The number of piperazine rings is 1. The molecule has 224 valence electrons. The lowest BCUT2D eigenvalue weighted by atomic mass is 10.0. The number of amides is 1. The van der Waals surface area contributed by atoms with E-state index < -0.39 is 21.3 Å². The van der Waals surface area contributed by atoms with Crippen LogP contribution >= 0.6 is 11.6 Å². The SMILES string of the molecule is C=CC(=O)N1CCN(c2nc(=O)n(-c3c(C(C)C)cccc3S(C)(=O)=O)c3nc(-c4ccncc4Cl)c(F)cc23)[C@@H](C)C1. The number of hydrogen-bond acceptors (Lipinski definition) is 8. The van der Waals surface area contributed by atoms with Crippen LogP contribution in [0.15, 0.2) is 65.1 Å². The van der Waals surface area contributed by atoms with E-state index in [-0.39, 0.29) is 61.6 Å². The molecule has 0 aliphatic carbocycles. The third kappa shape index (κ3) is 5.52. The van der Waals surface area contributed by atoms with Gasteiger partial charge >= 0.3 is 5.69 Å². The molecule has 43 heavy (non-hydrogen) atoms. The fourth-order valence-corrected chi connectivity index (χ4v) is 6.52. The molecule has 0 saturated carbocycles. The van der Waals surface area contributed by atoms with E-state index >= 15 is 4.39 Å². The van der Waals surface area contributed by atoms with Gasteiger partial charge in [0.05, 0.1) is 21.0 Å². The Kier molecular flexibility index (Phi) is 8.10. The van der Waals surface area contributed by atoms with Gasteiger partial charge in [-0.15, -0.1) is 0 Å². The van der Waals surface area contributed by atoms with Crippen LogP contribution in [0.2, 0.25) is 5.02 Å². The van der Waals surface area contributed by atoms with E-state index in [0.717, 1.165) is 10.8 Å². The molecule has 0 radical (unpaired) electrons. The van der Waals surface area contributed by atoms with Gasteiger partial charge in [-0.25, -0.2) is 27.2 Å². The topological polar surface area (TPSA) is 118 Å². The van der Waals surface area contributed by atoms with Crippen molar-refractivity contribution in [2.24, 2.45) is 0 Å². The van der Waals surface area contributed by atoms with Crippen molar-refractivity contribution in [3.05, 3.63) is 82.3 Å². The first-order valence-corrected chi connectivity index (χ1v) is 15.8. The number of nitrogens with zero attached hydrogens (tertiary/aromatic N) is 6. The van der Waals surface area contributed by atoms with Gasteiger partial charge in [0.2, 0.25) is 5.91 Å². The van der Waals surface area contributed by atoms with E-state index in [1.807, 2.05) is 25.7 Å². The fourth-order valence-electron chi connectivity index (χ4n) is 5.43. The molecule has 1 aliphatic heterocycles. The monoisotopic (exact) mass is 624 g/mol. The van der Waals surface area contributed by atoms with E-state index in [2.05, 4.69) is 21.5 Å². The average Bonchev–Trinajstić information content (AvgIpc) is 2.96. The van der Waals surface area contributed by atoms with Crippen LogP contribution in [0.1, 0.15) is 32.3 Å². The Bertz CT molecular complexity index is 1950. The zero-order valence-electron chi connectivity index (χ0n) is 24.1. The molecule has 0 N–H and O–H groups in total. The van der Waals surface area contributed by atoms with Gasteiger partial charge in [0.25, 0.3) is 0 Å². The van der Waals surface area contributed by atoms with Gasteiger partial charge in [-0.1, -0.05) is 44.2 Å². The van der Waals surface area contributed by atoms with Crippen LogP contribution in [0.3, 0.4) is 0 Å². The first-order chi connectivity index (χ1) is 20.3. The molecule has 1 amide bonds. The Labute approximate surface area is 253 Å². The minimum atomic E-state index is -3.83. The summed E-state index contributed by atoms with van der Waals surface area (Å²) in [4.78, 5) is 42.7. The summed E-state index contributed by atoms with van der Waals surface area (Å²) in [6.45, 7) is 10.1. The Hall–Kier alpha value is -4.16. The summed E-state index contributed by atoms with van der Waals surface area (Å²) < 4.78 is 43.1. The van der Waals surface area contributed by atoms with Crippen LogP contribution < -0.4 is 10.6 Å². The number of aromatic nitrogens is 4. The van der Waals surface area contributed by atoms with Gasteiger partial charge in [-0.3, -0.25) is 9.78 Å². The molecule has 1 atom stereocenters. The smallest absolute Gasteiger partial charge is 0.350 e. The Morgan fingerprint density at radius 2 is 1.95 bits per heavy atom. The molecule has 5 rings (SSSR count). The van der Waals surface area contributed by atoms with Crippen LogP contribution in [-0.4, -0.2) is 70.7 Å². The van der Waals surface area contributed by atoms with E-state index in [1.165, 1.54) is 36.7 Å². The molecule has 0 bridgehead atoms. The lowest BCUT2D eigenvalue weighted by molar-refractivity contribution is -0.126. The quantitative estimate of drug-likeness (QED) is 0.290. The van der Waals surface area contributed by atoms with Crippen molar-refractivity contribution >= 4 is 44.2 Å². The number of para-hydroxylation sites is 1. The number of rotatable bonds is 6. The Balaban J connectivity index is 1.88. The van der Waals surface area contributed by atoms with Crippen LogP contribution in [0.4, 0.5) is 10.2 Å². The van der Waals surface area contributed by atoms with Gasteiger partial charge in [0, 0.05) is 49.9 Å². The van der Waals surface area contributed by atoms with Crippen molar-refractivity contribution < 1.29 is 17.6 Å². The van der Waals surface area contributed by atoms with Gasteiger partial charge in [-0.05, 0) is 42.7 Å². The maximum atomic E-state index is 15.9. The zero-order valence-corrected chi connectivity index (χ0v) is 25.7. The highest BCUT2D eigenvalue weighted by atomic mass is 35.5. The second kappa shape index (κ2) is 11.5. The number of halogens is 2. The van der Waals surface area contributed by atoms with Crippen LogP contribution in [0.25, 0.3) is 28.0 Å². The lowest BCUT2D eigenvalue weighted by Crippen LogP contribution is -2.54. The first kappa shape index (κ1) is 30.3. The summed E-state index contributed by atoms with van der Waals surface area (Å²) in [7, 11) is -3.83. The Morgan fingerprint density at radius 3 is 2.58 bits per heavy atom. The highest BCUT2D eigenvalue weighted by Crippen LogP contribution is 2.36. The van der Waals surface area contributed by atoms with Gasteiger partial charge in [0.1, 0.15) is 17.3 Å². The molecule has 1 saturated heterocycles. The second-order valence-corrected chi connectivity index (χ2v) is 13.1. The summed E-state index contributed by atoms with van der Waals surface area (Å²) in [5, 5.41) is 0.340. The van der Waals surface area contributed by atoms with Crippen LogP contribution in [0.5, 0.6) is 0 Å². The largest absolute Gasteiger partial charge is 0.355 e. The molecule has 0 spiro atoms. The van der Waals surface area contributed by atoms with Gasteiger partial charge in [-0.2, -0.15) is 4.98 Å². The van der Waals surface area contributed by atoms with Crippen molar-refractivity contribution in [2.75, 3.05) is 30.8 Å². The normalized spacial score (nSPS) is 15.7. The minimum absolute atomic E-state index is 0.00840. The van der Waals surface area contributed by atoms with Crippen molar-refractivity contribution in [1.82, 2.24) is 24.4 Å². The summed E-state index contributed by atoms with van der Waals surface area (Å²) >= 11 is 6.37. The van der Waals surface area contributed by atoms with Gasteiger partial charge < -0.3 is 9.80 Å². The second-order valence-electron chi connectivity index (χ2n) is 10.8. The number of fused-ring (bicyclic) bond motifs is 1. The van der Waals surface area contributed by atoms with E-state index in [4.69, 9.17) is 11.6 Å². The van der Waals surface area contributed by atoms with E-state index in [9.17, 15) is 18.0 Å². The Morgan fingerprint density at radius 1 is 1.21 bits per heavy atom. The highest BCUT2D eigenvalue weighted by Gasteiger charge is 2.31. The van der Waals surface area contributed by atoms with Crippen molar-refractivity contribution in [1.29, 1.82) is 0 Å². The summed E-state index contributed by atoms with van der Waals surface area (Å²) in [6, 6.07) is 7.22. The number of sulfone groups is 1. The number of carbonyl (C=O) groups is 1. The molecular formula is C30H30ClFN6O4S. The predicted octanol–water partition coefficient (Wildman–Crippen LogP) is 4.39. The summed E-state index contributed by atoms with van der Waals surface area (Å²) in [5.41, 5.74) is 0.00783. The number of benzene rings is 1. The van der Waals surface area contributed by atoms with Crippen molar-refractivity contribution in [3.63, 3.8) is 0 Å². The minimum Gasteiger partial charge on any atom is -0.350 e. The van der Waals surface area contributed by atoms with Crippen LogP contribution in [0, 0.1) is 5.82 Å². The molecule has 4 heterocycles. The molecule has 1 aromatic carbocycles. The third-order valence-corrected chi connectivity index (χ3v) is 8.92. The van der Waals surface area contributed by atoms with E-state index in [1.54, 1.807) is 17.0 Å². The lowest BCUT2D eigenvalue weighted by Gasteiger charge is -2.40. The fraction of sp³-hybridized carbons (Fsp3) is 0.300. The molecule has 1 fully saturated rings. The molecule has 13 heteroatoms. The highest BCUT2D eigenvalue weighted by molar-refractivity contribution is 7.90. The summed E-state index contributed by atoms with van der Waals surface area (Å²) in [5.74, 6) is -0.952. The zero-order chi connectivity index (χ0) is 31.2. The van der Waals surface area contributed by atoms with Crippen LogP contribution in [-0.2, 0) is 14.6 Å². The third-order valence-electron chi connectivity index (χ3n) is 7.49. The number of carbonyl (C=O) groups excluding carboxylic acids is 1. The average molecular weight is 625 g/mol. The van der Waals surface area contributed by atoms with Crippen molar-refractivity contribution in [3.8, 4) is 16.9 Å². The predicted molar refractivity (Wildman–Crippen MR) is 164 cm³/mol. The maximum absolute atomic E-state index is 15.9. The van der Waals surface area contributed by atoms with E-state index in [0.29, 0.717) is 25.2 Å². The molecule has 4 aromatic rings. The number of hydrogen-bond donors (Lipinski definition) is 0. The first-order valence-electron chi connectivity index (χ1n) is 13.6.